The van der Waals surface area contributed by atoms with Gasteiger partial charge in [-0.3, -0.25) is 0 Å². The second kappa shape index (κ2) is 6.65. The SMILES string of the molecule is CC1CNC(C2CCCCC2)CN1c1ccccc1I. The largest absolute Gasteiger partial charge is 0.365 e. The maximum Gasteiger partial charge on any atom is 0.0505 e. The third-order valence-electron chi connectivity index (χ3n) is 4.98. The standard InChI is InChI=1S/C17H25IN2/c1-13-11-19-16(14-7-3-2-4-8-14)12-20(13)17-10-6-5-9-15(17)18/h5-6,9-10,13-14,16,19H,2-4,7-8,11-12H2,1H3. The van der Waals surface area contributed by atoms with Gasteiger partial charge in [-0.25, -0.2) is 0 Å². The molecule has 2 unspecified atom stereocenters. The molecule has 1 saturated heterocycles. The Morgan fingerprint density at radius 2 is 1.90 bits per heavy atom. The van der Waals surface area contributed by atoms with Gasteiger partial charge in [0, 0.05) is 28.7 Å². The Labute approximate surface area is 136 Å². The quantitative estimate of drug-likeness (QED) is 0.775. The van der Waals surface area contributed by atoms with Crippen molar-refractivity contribution in [3.63, 3.8) is 0 Å². The predicted molar refractivity (Wildman–Crippen MR) is 94.3 cm³/mol. The molecule has 1 aliphatic carbocycles. The molecule has 20 heavy (non-hydrogen) atoms. The second-order valence-corrected chi connectivity index (χ2v) is 7.53. The highest BCUT2D eigenvalue weighted by Crippen LogP contribution is 2.31. The molecule has 1 heterocycles. The molecule has 0 radical (unpaired) electrons. The van der Waals surface area contributed by atoms with Gasteiger partial charge in [-0.1, -0.05) is 31.4 Å². The zero-order valence-electron chi connectivity index (χ0n) is 12.3. The van der Waals surface area contributed by atoms with E-state index in [9.17, 15) is 0 Å². The van der Waals surface area contributed by atoms with E-state index in [-0.39, 0.29) is 0 Å². The molecule has 2 atom stereocenters. The molecule has 0 spiro atoms. The molecule has 0 aromatic heterocycles. The summed E-state index contributed by atoms with van der Waals surface area (Å²) < 4.78 is 1.38. The summed E-state index contributed by atoms with van der Waals surface area (Å²) in [5.74, 6) is 0.889. The van der Waals surface area contributed by atoms with Crippen LogP contribution in [0, 0.1) is 9.49 Å². The van der Waals surface area contributed by atoms with Crippen LogP contribution in [0.3, 0.4) is 0 Å². The Balaban J connectivity index is 1.74. The Bertz CT molecular complexity index is 442. The summed E-state index contributed by atoms with van der Waals surface area (Å²) in [6.07, 6.45) is 7.15. The summed E-state index contributed by atoms with van der Waals surface area (Å²) in [7, 11) is 0. The molecule has 110 valence electrons. The van der Waals surface area contributed by atoms with Crippen LogP contribution in [0.2, 0.25) is 0 Å². The molecule has 1 saturated carbocycles. The van der Waals surface area contributed by atoms with Crippen molar-refractivity contribution in [2.75, 3.05) is 18.0 Å². The van der Waals surface area contributed by atoms with Gasteiger partial charge < -0.3 is 10.2 Å². The van der Waals surface area contributed by atoms with Crippen molar-refractivity contribution in [2.24, 2.45) is 5.92 Å². The molecule has 2 fully saturated rings. The van der Waals surface area contributed by atoms with E-state index >= 15 is 0 Å². The van der Waals surface area contributed by atoms with E-state index in [4.69, 9.17) is 0 Å². The topological polar surface area (TPSA) is 15.3 Å². The molecule has 0 bridgehead atoms. The van der Waals surface area contributed by atoms with Crippen LogP contribution in [0.1, 0.15) is 39.0 Å². The lowest BCUT2D eigenvalue weighted by molar-refractivity contribution is 0.245. The molecular weight excluding hydrogens is 359 g/mol. The van der Waals surface area contributed by atoms with E-state index in [0.29, 0.717) is 12.1 Å². The number of nitrogens with zero attached hydrogens (tertiary/aromatic N) is 1. The maximum atomic E-state index is 3.81. The van der Waals surface area contributed by atoms with Crippen LogP contribution in [0.5, 0.6) is 0 Å². The number of rotatable bonds is 2. The molecule has 0 amide bonds. The van der Waals surface area contributed by atoms with E-state index in [1.54, 1.807) is 0 Å². The van der Waals surface area contributed by atoms with Gasteiger partial charge in [0.2, 0.25) is 0 Å². The minimum atomic E-state index is 0.589. The van der Waals surface area contributed by atoms with E-state index in [1.165, 1.54) is 47.9 Å². The van der Waals surface area contributed by atoms with Gasteiger partial charge >= 0.3 is 0 Å². The zero-order chi connectivity index (χ0) is 13.9. The lowest BCUT2D eigenvalue weighted by Crippen LogP contribution is -2.58. The van der Waals surface area contributed by atoms with Gasteiger partial charge in [0.1, 0.15) is 0 Å². The minimum absolute atomic E-state index is 0.589. The van der Waals surface area contributed by atoms with Crippen molar-refractivity contribution >= 4 is 28.3 Å². The number of hydrogen-bond acceptors (Lipinski definition) is 2. The van der Waals surface area contributed by atoms with Crippen LogP contribution in [0.15, 0.2) is 24.3 Å². The fourth-order valence-corrected chi connectivity index (χ4v) is 4.46. The molecule has 1 aliphatic heterocycles. The molecule has 2 aliphatic rings. The van der Waals surface area contributed by atoms with Crippen LogP contribution in [0.25, 0.3) is 0 Å². The first-order valence-electron chi connectivity index (χ1n) is 8.00. The van der Waals surface area contributed by atoms with Gasteiger partial charge in [0.25, 0.3) is 0 Å². The Hall–Kier alpha value is -0.290. The van der Waals surface area contributed by atoms with Crippen LogP contribution in [-0.2, 0) is 0 Å². The van der Waals surface area contributed by atoms with Crippen molar-refractivity contribution in [3.05, 3.63) is 27.8 Å². The maximum absolute atomic E-state index is 3.81. The third-order valence-corrected chi connectivity index (χ3v) is 5.89. The molecule has 3 rings (SSSR count). The monoisotopic (exact) mass is 384 g/mol. The van der Waals surface area contributed by atoms with Crippen LogP contribution < -0.4 is 10.2 Å². The van der Waals surface area contributed by atoms with Crippen molar-refractivity contribution in [1.82, 2.24) is 5.32 Å². The first-order chi connectivity index (χ1) is 9.75. The lowest BCUT2D eigenvalue weighted by atomic mass is 9.82. The number of anilines is 1. The molecule has 3 heteroatoms. The molecule has 2 nitrogen and oxygen atoms in total. The number of halogens is 1. The van der Waals surface area contributed by atoms with Crippen molar-refractivity contribution in [2.45, 2.75) is 51.1 Å². The molecule has 1 aromatic carbocycles. The van der Waals surface area contributed by atoms with Crippen LogP contribution in [0.4, 0.5) is 5.69 Å². The fourth-order valence-electron chi connectivity index (χ4n) is 3.76. The minimum Gasteiger partial charge on any atom is -0.365 e. The van der Waals surface area contributed by atoms with Gasteiger partial charge in [0.05, 0.1) is 5.69 Å². The molecule has 1 N–H and O–H groups in total. The highest BCUT2D eigenvalue weighted by atomic mass is 127. The smallest absolute Gasteiger partial charge is 0.0505 e. The van der Waals surface area contributed by atoms with Crippen molar-refractivity contribution in [3.8, 4) is 0 Å². The van der Waals surface area contributed by atoms with Gasteiger partial charge in [-0.2, -0.15) is 0 Å². The number of nitrogens with one attached hydrogen (secondary N) is 1. The third kappa shape index (κ3) is 3.14. The first-order valence-corrected chi connectivity index (χ1v) is 9.08. The Kier molecular flexibility index (Phi) is 4.87. The van der Waals surface area contributed by atoms with Crippen LogP contribution in [-0.4, -0.2) is 25.2 Å². The summed E-state index contributed by atoms with van der Waals surface area (Å²) in [6.45, 7) is 4.63. The highest BCUT2D eigenvalue weighted by molar-refractivity contribution is 14.1. The van der Waals surface area contributed by atoms with E-state index in [2.05, 4.69) is 64.0 Å². The van der Waals surface area contributed by atoms with Crippen molar-refractivity contribution < 1.29 is 0 Å². The molecule has 1 aromatic rings. The van der Waals surface area contributed by atoms with Gasteiger partial charge in [-0.15, -0.1) is 0 Å². The summed E-state index contributed by atoms with van der Waals surface area (Å²) in [4.78, 5) is 2.62. The molecular formula is C17H25IN2. The van der Waals surface area contributed by atoms with Gasteiger partial charge in [0.15, 0.2) is 0 Å². The zero-order valence-corrected chi connectivity index (χ0v) is 14.5. The number of hydrogen-bond donors (Lipinski definition) is 1. The van der Waals surface area contributed by atoms with Crippen molar-refractivity contribution in [1.29, 1.82) is 0 Å². The van der Waals surface area contributed by atoms with E-state index < -0.39 is 0 Å². The fraction of sp³-hybridized carbons (Fsp3) is 0.647. The number of piperazine rings is 1. The highest BCUT2D eigenvalue weighted by Gasteiger charge is 2.31. The number of para-hydroxylation sites is 1. The summed E-state index contributed by atoms with van der Waals surface area (Å²) in [5.41, 5.74) is 1.42. The average molecular weight is 384 g/mol. The van der Waals surface area contributed by atoms with Crippen LogP contribution >= 0.6 is 22.6 Å². The predicted octanol–water partition coefficient (Wildman–Crippen LogP) is 4.04. The summed E-state index contributed by atoms with van der Waals surface area (Å²) in [6, 6.07) is 10.1. The lowest BCUT2D eigenvalue weighted by Gasteiger charge is -2.44. The average Bonchev–Trinajstić information content (AvgIpc) is 2.49. The van der Waals surface area contributed by atoms with E-state index in [1.807, 2.05) is 0 Å². The number of benzene rings is 1. The Morgan fingerprint density at radius 3 is 2.65 bits per heavy atom. The van der Waals surface area contributed by atoms with E-state index in [0.717, 1.165) is 12.5 Å². The van der Waals surface area contributed by atoms with Gasteiger partial charge in [-0.05, 0) is 60.4 Å². The second-order valence-electron chi connectivity index (χ2n) is 6.37. The Morgan fingerprint density at radius 1 is 1.15 bits per heavy atom. The summed E-state index contributed by atoms with van der Waals surface area (Å²) >= 11 is 2.47. The normalized spacial score (nSPS) is 28.6. The summed E-state index contributed by atoms with van der Waals surface area (Å²) in [5, 5.41) is 3.81. The first kappa shape index (κ1) is 14.6.